The predicted octanol–water partition coefficient (Wildman–Crippen LogP) is 1.46. The molecule has 23 heavy (non-hydrogen) atoms. The zero-order valence-corrected chi connectivity index (χ0v) is 13.3. The number of benzene rings is 1. The molecule has 6 heteroatoms. The third-order valence-corrected chi connectivity index (χ3v) is 4.79. The van der Waals surface area contributed by atoms with Crippen molar-refractivity contribution in [2.24, 2.45) is 0 Å². The minimum Gasteiger partial charge on any atom is -0.336 e. The molecule has 1 amide bonds. The molecule has 120 valence electrons. The molecule has 1 N–H and O–H groups in total. The first-order valence-electron chi connectivity index (χ1n) is 8.20. The lowest BCUT2D eigenvalue weighted by atomic mass is 10.0. The van der Waals surface area contributed by atoms with E-state index >= 15 is 0 Å². The summed E-state index contributed by atoms with van der Waals surface area (Å²) in [6.07, 6.45) is 2.87. The number of likely N-dealkylation sites (N-methyl/N-ethyl adjacent to an activating group) is 1. The molecule has 0 spiro atoms. The number of carbonyl (C=O) groups excluding carboxylic acids is 1. The summed E-state index contributed by atoms with van der Waals surface area (Å²) in [5.74, 6) is 1.94. The van der Waals surface area contributed by atoms with E-state index < -0.39 is 0 Å². The molecule has 0 unspecified atom stereocenters. The summed E-state index contributed by atoms with van der Waals surface area (Å²) in [5, 5.41) is 12.2. The van der Waals surface area contributed by atoms with Gasteiger partial charge in [0, 0.05) is 13.5 Å². The van der Waals surface area contributed by atoms with Crippen molar-refractivity contribution in [1.82, 2.24) is 25.0 Å². The van der Waals surface area contributed by atoms with Crippen molar-refractivity contribution in [1.29, 1.82) is 0 Å². The fraction of sp³-hybridized carbons (Fsp3) is 0.471. The fourth-order valence-electron chi connectivity index (χ4n) is 3.60. The molecule has 4 rings (SSSR count). The van der Waals surface area contributed by atoms with Crippen LogP contribution in [0.4, 0.5) is 0 Å². The van der Waals surface area contributed by atoms with E-state index in [1.54, 1.807) is 4.90 Å². The maximum Gasteiger partial charge on any atom is 0.246 e. The number of nitrogens with zero attached hydrogens (tertiary/aromatic N) is 4. The third kappa shape index (κ3) is 2.53. The number of carbonyl (C=O) groups is 1. The van der Waals surface area contributed by atoms with E-state index in [4.69, 9.17) is 0 Å². The Labute approximate surface area is 135 Å². The van der Waals surface area contributed by atoms with E-state index in [9.17, 15) is 4.79 Å². The summed E-state index contributed by atoms with van der Waals surface area (Å²) in [4.78, 5) is 14.5. The first-order chi connectivity index (χ1) is 11.2. The van der Waals surface area contributed by atoms with Crippen LogP contribution in [0.3, 0.4) is 0 Å². The number of fused-ring (bicyclic) bond motifs is 1. The number of hydrogen-bond donors (Lipinski definition) is 1. The fourth-order valence-corrected chi connectivity index (χ4v) is 3.60. The molecule has 2 aliphatic heterocycles. The Morgan fingerprint density at radius 2 is 2.09 bits per heavy atom. The molecule has 1 fully saturated rings. The second-order valence-electron chi connectivity index (χ2n) is 6.39. The SMILES string of the molecule is CN1Cc2nnc([C@@H]3CCCN3)n2[C@H](Cc2ccccc2)C1=O. The lowest BCUT2D eigenvalue weighted by Crippen LogP contribution is -2.42. The molecule has 0 radical (unpaired) electrons. The molecule has 3 heterocycles. The highest BCUT2D eigenvalue weighted by molar-refractivity contribution is 5.81. The van der Waals surface area contributed by atoms with Gasteiger partial charge in [-0.1, -0.05) is 30.3 Å². The van der Waals surface area contributed by atoms with Crippen LogP contribution >= 0.6 is 0 Å². The molecule has 2 aromatic rings. The summed E-state index contributed by atoms with van der Waals surface area (Å²) in [6, 6.07) is 10.1. The minimum absolute atomic E-state index is 0.139. The topological polar surface area (TPSA) is 63.1 Å². The van der Waals surface area contributed by atoms with Gasteiger partial charge in [-0.2, -0.15) is 0 Å². The molecule has 0 aliphatic carbocycles. The van der Waals surface area contributed by atoms with Gasteiger partial charge >= 0.3 is 0 Å². The smallest absolute Gasteiger partial charge is 0.246 e. The Morgan fingerprint density at radius 1 is 1.26 bits per heavy atom. The monoisotopic (exact) mass is 311 g/mol. The van der Waals surface area contributed by atoms with Crippen molar-refractivity contribution in [3.63, 3.8) is 0 Å². The summed E-state index contributed by atoms with van der Waals surface area (Å²) in [5.41, 5.74) is 1.16. The number of aromatic nitrogens is 3. The maximum absolute atomic E-state index is 12.8. The van der Waals surface area contributed by atoms with Gasteiger partial charge in [0.1, 0.15) is 6.04 Å². The largest absolute Gasteiger partial charge is 0.336 e. The molecule has 6 nitrogen and oxygen atoms in total. The van der Waals surface area contributed by atoms with Gasteiger partial charge in [-0.05, 0) is 24.9 Å². The zero-order chi connectivity index (χ0) is 15.8. The molecular weight excluding hydrogens is 290 g/mol. The average molecular weight is 311 g/mol. The average Bonchev–Trinajstić information content (AvgIpc) is 3.21. The molecule has 2 atom stereocenters. The Morgan fingerprint density at radius 3 is 2.83 bits per heavy atom. The standard InChI is InChI=1S/C17H21N5O/c1-21-11-15-19-20-16(13-8-5-9-18-13)22(15)14(17(21)23)10-12-6-3-2-4-7-12/h2-4,6-7,13-14,18H,5,8-11H2,1H3/t13-,14+/m0/s1. The van der Waals surface area contributed by atoms with E-state index in [1.807, 2.05) is 25.2 Å². The quantitative estimate of drug-likeness (QED) is 0.932. The highest BCUT2D eigenvalue weighted by Gasteiger charge is 2.36. The Bertz CT molecular complexity index is 705. The van der Waals surface area contributed by atoms with Crippen molar-refractivity contribution in [2.75, 3.05) is 13.6 Å². The highest BCUT2D eigenvalue weighted by Crippen LogP contribution is 2.30. The van der Waals surface area contributed by atoms with E-state index in [0.717, 1.165) is 36.6 Å². The first kappa shape index (κ1) is 14.4. The number of rotatable bonds is 3. The van der Waals surface area contributed by atoms with Gasteiger partial charge in [-0.25, -0.2) is 0 Å². The Hall–Kier alpha value is -2.21. The third-order valence-electron chi connectivity index (χ3n) is 4.79. The first-order valence-corrected chi connectivity index (χ1v) is 8.20. The van der Waals surface area contributed by atoms with Gasteiger partial charge in [-0.15, -0.1) is 10.2 Å². The van der Waals surface area contributed by atoms with Crippen LogP contribution in [0.5, 0.6) is 0 Å². The van der Waals surface area contributed by atoms with Crippen molar-refractivity contribution in [3.8, 4) is 0 Å². The summed E-state index contributed by atoms with van der Waals surface area (Å²) < 4.78 is 2.08. The van der Waals surface area contributed by atoms with E-state index in [-0.39, 0.29) is 18.0 Å². The van der Waals surface area contributed by atoms with Crippen LogP contribution in [0, 0.1) is 0 Å². The van der Waals surface area contributed by atoms with Crippen molar-refractivity contribution in [2.45, 2.75) is 37.9 Å². The summed E-state index contributed by atoms with van der Waals surface area (Å²) >= 11 is 0. The highest BCUT2D eigenvalue weighted by atomic mass is 16.2. The second kappa shape index (κ2) is 5.77. The van der Waals surface area contributed by atoms with Crippen LogP contribution in [0.1, 0.15) is 42.1 Å². The van der Waals surface area contributed by atoms with Crippen LogP contribution in [0.25, 0.3) is 0 Å². The number of nitrogens with one attached hydrogen (secondary N) is 1. The lowest BCUT2D eigenvalue weighted by molar-refractivity contribution is -0.136. The maximum atomic E-state index is 12.8. The Kier molecular flexibility index (Phi) is 3.61. The van der Waals surface area contributed by atoms with Crippen LogP contribution in [0.15, 0.2) is 30.3 Å². The lowest BCUT2D eigenvalue weighted by Gasteiger charge is -2.32. The van der Waals surface area contributed by atoms with Gasteiger partial charge in [0.25, 0.3) is 0 Å². The molecule has 0 saturated carbocycles. The van der Waals surface area contributed by atoms with Gasteiger partial charge in [0.2, 0.25) is 5.91 Å². The normalized spacial score (nSPS) is 24.0. The van der Waals surface area contributed by atoms with Crippen molar-refractivity contribution in [3.05, 3.63) is 47.5 Å². The summed E-state index contributed by atoms with van der Waals surface area (Å²) in [7, 11) is 1.84. The van der Waals surface area contributed by atoms with Crippen molar-refractivity contribution < 1.29 is 4.79 Å². The van der Waals surface area contributed by atoms with Crippen molar-refractivity contribution >= 4 is 5.91 Å². The van der Waals surface area contributed by atoms with E-state index in [1.165, 1.54) is 0 Å². The number of hydrogen-bond acceptors (Lipinski definition) is 4. The van der Waals surface area contributed by atoms with Gasteiger partial charge in [0.05, 0.1) is 12.6 Å². The molecule has 1 saturated heterocycles. The second-order valence-corrected chi connectivity index (χ2v) is 6.39. The van der Waals surface area contributed by atoms with Gasteiger partial charge in [0.15, 0.2) is 11.6 Å². The van der Waals surface area contributed by atoms with Crippen LogP contribution < -0.4 is 5.32 Å². The molecule has 1 aromatic carbocycles. The molecule has 0 bridgehead atoms. The summed E-state index contributed by atoms with van der Waals surface area (Å²) in [6.45, 7) is 1.54. The molecule has 1 aromatic heterocycles. The molecule has 2 aliphatic rings. The van der Waals surface area contributed by atoms with E-state index in [2.05, 4.69) is 32.2 Å². The van der Waals surface area contributed by atoms with Gasteiger partial charge in [-0.3, -0.25) is 9.36 Å². The van der Waals surface area contributed by atoms with Crippen LogP contribution in [-0.2, 0) is 17.8 Å². The van der Waals surface area contributed by atoms with Crippen LogP contribution in [-0.4, -0.2) is 39.2 Å². The predicted molar refractivity (Wildman–Crippen MR) is 85.7 cm³/mol. The van der Waals surface area contributed by atoms with Crippen LogP contribution in [0.2, 0.25) is 0 Å². The Balaban J connectivity index is 1.73. The van der Waals surface area contributed by atoms with Gasteiger partial charge < -0.3 is 10.2 Å². The number of amides is 1. The minimum atomic E-state index is -0.251. The molecular formula is C17H21N5O. The van der Waals surface area contributed by atoms with E-state index in [0.29, 0.717) is 13.0 Å². The zero-order valence-electron chi connectivity index (χ0n) is 13.3.